The summed E-state index contributed by atoms with van der Waals surface area (Å²) in [7, 11) is 0. The fourth-order valence-electron chi connectivity index (χ4n) is 5.02. The van der Waals surface area contributed by atoms with Gasteiger partial charge >= 0.3 is 0 Å². The van der Waals surface area contributed by atoms with Gasteiger partial charge in [-0.3, -0.25) is 0 Å². The third-order valence-corrected chi connectivity index (χ3v) is 8.59. The summed E-state index contributed by atoms with van der Waals surface area (Å²) in [6, 6.07) is 7.86. The topological polar surface area (TPSA) is 18.5 Å². The van der Waals surface area contributed by atoms with E-state index in [1.165, 1.54) is 76.5 Å². The van der Waals surface area contributed by atoms with Gasteiger partial charge in [0.05, 0.1) is 13.2 Å². The Kier molecular flexibility index (Phi) is 31.0. The van der Waals surface area contributed by atoms with Gasteiger partial charge in [-0.25, -0.2) is 13.2 Å². The zero-order valence-corrected chi connectivity index (χ0v) is 28.9. The molecule has 1 saturated heterocycles. The molecule has 1 aliphatic heterocycles. The van der Waals surface area contributed by atoms with Crippen molar-refractivity contribution in [3.63, 3.8) is 0 Å². The van der Waals surface area contributed by atoms with Crippen LogP contribution < -0.4 is 0 Å². The zero-order chi connectivity index (χ0) is 32.5. The highest BCUT2D eigenvalue weighted by molar-refractivity contribution is 5.24. The highest BCUT2D eigenvalue weighted by atomic mass is 19.1. The Bertz CT molecular complexity index is 916. The smallest absolute Gasteiger partial charge is 0.154 e. The average molecular weight is 671 g/mol. The van der Waals surface area contributed by atoms with E-state index in [2.05, 4.69) is 34.6 Å². The van der Waals surface area contributed by atoms with Crippen molar-refractivity contribution in [1.82, 2.24) is 0 Å². The lowest BCUT2D eigenvalue weighted by atomic mass is 9.84. The number of aryl methyl sites for hydroxylation is 3. The van der Waals surface area contributed by atoms with Crippen LogP contribution in [0.5, 0.6) is 0 Å². The van der Waals surface area contributed by atoms with Gasteiger partial charge < -0.3 is 9.47 Å². The Morgan fingerprint density at radius 2 is 0.787 bits per heavy atom. The van der Waals surface area contributed by atoms with Crippen molar-refractivity contribution in [2.24, 2.45) is 29.6 Å². The number of halogens is 3. The van der Waals surface area contributed by atoms with Gasteiger partial charge in [0.2, 0.25) is 0 Å². The summed E-state index contributed by atoms with van der Waals surface area (Å²) in [4.78, 5) is 0. The Morgan fingerprint density at radius 1 is 0.468 bits per heavy atom. The number of hydrogen-bond donors (Lipinski definition) is 0. The van der Waals surface area contributed by atoms with Gasteiger partial charge in [-0.05, 0) is 93.2 Å². The number of rotatable bonds is 0. The second-order valence-corrected chi connectivity index (χ2v) is 13.7. The molecule has 0 amide bonds. The number of benzene rings is 2. The molecule has 0 atom stereocenters. The maximum Gasteiger partial charge on any atom is 0.154 e. The van der Waals surface area contributed by atoms with Crippen molar-refractivity contribution >= 4 is 0 Å². The zero-order valence-electron chi connectivity index (χ0n) is 28.9. The van der Waals surface area contributed by atoms with E-state index in [-0.39, 0.29) is 47.4 Å². The molecule has 5 heteroatoms. The number of hydrogen-bond acceptors (Lipinski definition) is 2. The van der Waals surface area contributed by atoms with E-state index in [1.54, 1.807) is 19.9 Å². The molecule has 2 aromatic rings. The summed E-state index contributed by atoms with van der Waals surface area (Å²) < 4.78 is 48.1. The molecule has 0 aromatic heterocycles. The molecule has 0 radical (unpaired) electrons. The quantitative estimate of drug-likeness (QED) is 0.278. The van der Waals surface area contributed by atoms with Crippen molar-refractivity contribution in [3.8, 4) is 0 Å². The standard InChI is InChI=1S/C8H8F2.C8H9F.2C8H16.C6H12O2.4CH4/c1-5-3-7(9)6(2)8(10)4-5;1-6-3-4-7(2)8(9)5-6;2*1-7-3-5-8(2)6-4-7;1-5-3-7-6(2)8-4-5;;;;/h3-4H,1-2H3;3-5H,1-2H3;2*7-8H,3-6H2,1-2H3;5-6H,3-4H2,1-2H3;4*1H4. The first-order chi connectivity index (χ1) is 20.2. The van der Waals surface area contributed by atoms with E-state index in [4.69, 9.17) is 9.47 Å². The van der Waals surface area contributed by atoms with Gasteiger partial charge in [-0.1, -0.05) is 128 Å². The van der Waals surface area contributed by atoms with Crippen LogP contribution in [0, 0.1) is 74.7 Å². The molecular weight excluding hydrogens is 593 g/mol. The van der Waals surface area contributed by atoms with E-state index in [9.17, 15) is 13.2 Å². The van der Waals surface area contributed by atoms with E-state index >= 15 is 0 Å². The first-order valence-electron chi connectivity index (χ1n) is 16.6. The first-order valence-corrected chi connectivity index (χ1v) is 16.6. The van der Waals surface area contributed by atoms with E-state index in [1.807, 2.05) is 19.9 Å². The van der Waals surface area contributed by atoms with Crippen molar-refractivity contribution in [3.05, 3.63) is 70.0 Å². The van der Waals surface area contributed by atoms with Crippen molar-refractivity contribution < 1.29 is 22.6 Å². The Labute approximate surface area is 291 Å². The monoisotopic (exact) mass is 671 g/mol. The van der Waals surface area contributed by atoms with Gasteiger partial charge in [0.1, 0.15) is 17.5 Å². The summed E-state index contributed by atoms with van der Waals surface area (Å²) in [5, 5.41) is 0. The lowest BCUT2D eigenvalue weighted by Crippen LogP contribution is -2.27. The summed E-state index contributed by atoms with van der Waals surface area (Å²) in [5.74, 6) is 3.59. The minimum Gasteiger partial charge on any atom is -0.353 e. The highest BCUT2D eigenvalue weighted by Crippen LogP contribution is 2.28. The fourth-order valence-corrected chi connectivity index (χ4v) is 5.02. The van der Waals surface area contributed by atoms with E-state index in [0.717, 1.165) is 42.4 Å². The molecule has 5 rings (SSSR count). The summed E-state index contributed by atoms with van der Waals surface area (Å²) in [6.07, 6.45) is 11.8. The van der Waals surface area contributed by atoms with Crippen LogP contribution in [0.2, 0.25) is 0 Å². The van der Waals surface area contributed by atoms with Crippen LogP contribution in [0.25, 0.3) is 0 Å². The Balaban J connectivity index is -0.000000241. The first kappa shape index (κ1) is 52.0. The van der Waals surface area contributed by atoms with Gasteiger partial charge in [-0.2, -0.15) is 0 Å². The molecule has 0 bridgehead atoms. The number of ether oxygens (including phenoxy) is 2. The molecule has 3 fully saturated rings. The van der Waals surface area contributed by atoms with Gasteiger partial charge in [-0.15, -0.1) is 0 Å². The van der Waals surface area contributed by atoms with Crippen LogP contribution >= 0.6 is 0 Å². The molecule has 2 nitrogen and oxygen atoms in total. The predicted octanol–water partition coefficient (Wildman–Crippen LogP) is 14.2. The van der Waals surface area contributed by atoms with Crippen LogP contribution in [-0.4, -0.2) is 19.5 Å². The second-order valence-electron chi connectivity index (χ2n) is 13.7. The minimum atomic E-state index is -0.475. The second kappa shape index (κ2) is 28.0. The van der Waals surface area contributed by atoms with Crippen LogP contribution in [0.15, 0.2) is 30.3 Å². The van der Waals surface area contributed by atoms with E-state index < -0.39 is 11.6 Å². The summed E-state index contributed by atoms with van der Waals surface area (Å²) in [5.41, 5.74) is 2.38. The maximum absolute atomic E-state index is 12.6. The fraction of sp³-hybridized carbons (Fsp3) is 0.714. The molecule has 47 heavy (non-hydrogen) atoms. The normalized spacial score (nSPS) is 24.3. The average Bonchev–Trinajstić information content (AvgIpc) is 2.96. The molecule has 1 heterocycles. The SMILES string of the molecule is C.C.C.C.CC1CCC(C)CC1.CC1CCC(C)CC1.CC1COC(C)OC1.Cc1cc(F)c(C)c(F)c1.Cc1ccc(C)c(F)c1. The Morgan fingerprint density at radius 3 is 1.06 bits per heavy atom. The van der Waals surface area contributed by atoms with Crippen molar-refractivity contribution in [2.45, 2.75) is 157 Å². The summed E-state index contributed by atoms with van der Waals surface area (Å²) in [6.45, 7) is 21.9. The van der Waals surface area contributed by atoms with Crippen molar-refractivity contribution in [2.75, 3.05) is 13.2 Å². The van der Waals surface area contributed by atoms with Crippen LogP contribution in [0.1, 0.15) is 145 Å². The largest absolute Gasteiger partial charge is 0.353 e. The predicted molar refractivity (Wildman–Crippen MR) is 203 cm³/mol. The third kappa shape index (κ3) is 24.0. The minimum absolute atomic E-state index is 0. The Hall–Kier alpha value is -1.85. The van der Waals surface area contributed by atoms with Crippen LogP contribution in [-0.2, 0) is 9.47 Å². The van der Waals surface area contributed by atoms with Crippen molar-refractivity contribution in [1.29, 1.82) is 0 Å². The van der Waals surface area contributed by atoms with Gasteiger partial charge in [0.25, 0.3) is 0 Å². The summed E-state index contributed by atoms with van der Waals surface area (Å²) >= 11 is 0. The molecular formula is C42H77F3O2. The lowest BCUT2D eigenvalue weighted by Gasteiger charge is -2.24. The molecule has 0 unspecified atom stereocenters. The molecule has 3 aliphatic rings. The lowest BCUT2D eigenvalue weighted by molar-refractivity contribution is -0.187. The maximum atomic E-state index is 12.6. The van der Waals surface area contributed by atoms with Crippen LogP contribution in [0.3, 0.4) is 0 Å². The molecule has 2 saturated carbocycles. The molecule has 0 spiro atoms. The molecule has 278 valence electrons. The van der Waals surface area contributed by atoms with Gasteiger partial charge in [0.15, 0.2) is 6.29 Å². The molecule has 2 aliphatic carbocycles. The van der Waals surface area contributed by atoms with E-state index in [0.29, 0.717) is 17.0 Å². The third-order valence-electron chi connectivity index (χ3n) is 8.59. The molecule has 0 N–H and O–H groups in total. The van der Waals surface area contributed by atoms with Crippen LogP contribution in [0.4, 0.5) is 13.2 Å². The molecule has 2 aromatic carbocycles. The van der Waals surface area contributed by atoms with Gasteiger partial charge in [0, 0.05) is 11.5 Å². The highest BCUT2D eigenvalue weighted by Gasteiger charge is 2.14.